The number of thioether (sulfide) groups is 1. The summed E-state index contributed by atoms with van der Waals surface area (Å²) < 4.78 is 49.1. The van der Waals surface area contributed by atoms with Crippen LogP contribution in [0.25, 0.3) is 0 Å². The highest BCUT2D eigenvalue weighted by Gasteiger charge is 2.30. The molecule has 0 heterocycles. The zero-order chi connectivity index (χ0) is 21.5. The van der Waals surface area contributed by atoms with Crippen molar-refractivity contribution < 1.29 is 27.8 Å². The van der Waals surface area contributed by atoms with Crippen molar-refractivity contribution in [3.63, 3.8) is 0 Å². The fourth-order valence-electron chi connectivity index (χ4n) is 2.51. The van der Waals surface area contributed by atoms with Gasteiger partial charge >= 0.3 is 6.18 Å². The number of rotatable bonds is 10. The average molecular weight is 429 g/mol. The SMILES string of the molecule is CCCOc1ccc(SCC(O)(CC)COc2ccc(C(F)(F)F)cc2)cc1C. The van der Waals surface area contributed by atoms with E-state index in [4.69, 9.17) is 9.47 Å². The van der Waals surface area contributed by atoms with Crippen LogP contribution in [-0.2, 0) is 6.18 Å². The molecule has 0 saturated carbocycles. The summed E-state index contributed by atoms with van der Waals surface area (Å²) >= 11 is 1.51. The lowest BCUT2D eigenvalue weighted by atomic mass is 10.1. The predicted molar refractivity (Wildman–Crippen MR) is 110 cm³/mol. The Balaban J connectivity index is 1.93. The Hall–Kier alpha value is -1.86. The molecule has 1 unspecified atom stereocenters. The van der Waals surface area contributed by atoms with Crippen molar-refractivity contribution in [1.82, 2.24) is 0 Å². The molecule has 2 rings (SSSR count). The van der Waals surface area contributed by atoms with Crippen molar-refractivity contribution >= 4 is 11.8 Å². The minimum Gasteiger partial charge on any atom is -0.493 e. The van der Waals surface area contributed by atoms with E-state index in [1.807, 2.05) is 32.0 Å². The lowest BCUT2D eigenvalue weighted by molar-refractivity contribution is -0.137. The molecule has 0 aliphatic heterocycles. The normalized spacial score (nSPS) is 13.8. The van der Waals surface area contributed by atoms with E-state index in [9.17, 15) is 18.3 Å². The van der Waals surface area contributed by atoms with Gasteiger partial charge in [0.15, 0.2) is 0 Å². The monoisotopic (exact) mass is 428 g/mol. The Morgan fingerprint density at radius 2 is 1.69 bits per heavy atom. The van der Waals surface area contributed by atoms with Gasteiger partial charge in [0.2, 0.25) is 0 Å². The molecule has 1 atom stereocenters. The summed E-state index contributed by atoms with van der Waals surface area (Å²) in [6.07, 6.45) is -2.98. The van der Waals surface area contributed by atoms with E-state index in [2.05, 4.69) is 6.92 Å². The van der Waals surface area contributed by atoms with Gasteiger partial charge in [0.1, 0.15) is 23.7 Å². The highest BCUT2D eigenvalue weighted by atomic mass is 32.2. The molecule has 0 aliphatic carbocycles. The Morgan fingerprint density at radius 3 is 2.24 bits per heavy atom. The van der Waals surface area contributed by atoms with Gasteiger partial charge in [-0.1, -0.05) is 13.8 Å². The number of aryl methyl sites for hydroxylation is 1. The number of ether oxygens (including phenoxy) is 2. The van der Waals surface area contributed by atoms with E-state index in [1.54, 1.807) is 0 Å². The minimum atomic E-state index is -4.38. The van der Waals surface area contributed by atoms with Crippen molar-refractivity contribution in [3.8, 4) is 11.5 Å². The number of alkyl halides is 3. The van der Waals surface area contributed by atoms with E-state index < -0.39 is 17.3 Å². The van der Waals surface area contributed by atoms with Crippen LogP contribution in [0.3, 0.4) is 0 Å². The van der Waals surface area contributed by atoms with Gasteiger partial charge in [0.25, 0.3) is 0 Å². The molecule has 0 bridgehead atoms. The van der Waals surface area contributed by atoms with Gasteiger partial charge in [-0.05, 0) is 67.8 Å². The van der Waals surface area contributed by atoms with Crippen molar-refractivity contribution in [3.05, 3.63) is 53.6 Å². The Bertz CT molecular complexity index is 778. The van der Waals surface area contributed by atoms with Gasteiger partial charge in [-0.25, -0.2) is 0 Å². The summed E-state index contributed by atoms with van der Waals surface area (Å²) in [6, 6.07) is 10.4. The molecular weight excluding hydrogens is 401 g/mol. The zero-order valence-corrected chi connectivity index (χ0v) is 17.7. The summed E-state index contributed by atoms with van der Waals surface area (Å²) in [5, 5.41) is 10.8. The maximum Gasteiger partial charge on any atom is 0.416 e. The molecule has 0 aliphatic rings. The van der Waals surface area contributed by atoms with Gasteiger partial charge in [0, 0.05) is 10.6 Å². The Morgan fingerprint density at radius 1 is 1.00 bits per heavy atom. The van der Waals surface area contributed by atoms with Crippen LogP contribution in [0.1, 0.15) is 37.8 Å². The molecule has 0 saturated heterocycles. The number of aliphatic hydroxyl groups is 1. The summed E-state index contributed by atoms with van der Waals surface area (Å²) in [5.74, 6) is 1.55. The summed E-state index contributed by atoms with van der Waals surface area (Å²) in [6.45, 7) is 6.55. The zero-order valence-electron chi connectivity index (χ0n) is 16.9. The molecule has 3 nitrogen and oxygen atoms in total. The minimum absolute atomic E-state index is 0.00145. The molecule has 2 aromatic rings. The van der Waals surface area contributed by atoms with E-state index in [1.165, 1.54) is 23.9 Å². The van der Waals surface area contributed by atoms with E-state index in [0.29, 0.717) is 24.5 Å². The van der Waals surface area contributed by atoms with Crippen LogP contribution in [0.5, 0.6) is 11.5 Å². The standard InChI is InChI=1S/C22H27F3O3S/c1-4-12-27-20-11-10-19(13-16(20)3)29-15-21(26,5-2)14-28-18-8-6-17(7-9-18)22(23,24)25/h6-11,13,26H,4-5,12,14-15H2,1-3H3. The lowest BCUT2D eigenvalue weighted by Crippen LogP contribution is -2.38. The number of hydrogen-bond acceptors (Lipinski definition) is 4. The molecule has 2 aromatic carbocycles. The maximum atomic E-state index is 12.6. The van der Waals surface area contributed by atoms with Crippen molar-refractivity contribution in [2.24, 2.45) is 0 Å². The van der Waals surface area contributed by atoms with Gasteiger partial charge < -0.3 is 14.6 Å². The van der Waals surface area contributed by atoms with Crippen LogP contribution in [0.15, 0.2) is 47.4 Å². The van der Waals surface area contributed by atoms with Crippen molar-refractivity contribution in [2.75, 3.05) is 19.0 Å². The smallest absolute Gasteiger partial charge is 0.416 e. The molecule has 0 amide bonds. The first kappa shape index (κ1) is 23.4. The average Bonchev–Trinajstić information content (AvgIpc) is 2.70. The Kier molecular flexibility index (Phi) is 8.28. The quantitative estimate of drug-likeness (QED) is 0.463. The fourth-order valence-corrected chi connectivity index (χ4v) is 3.65. The first-order valence-corrected chi connectivity index (χ1v) is 10.5. The first-order valence-electron chi connectivity index (χ1n) is 9.55. The third kappa shape index (κ3) is 7.16. The Labute approximate surface area is 174 Å². The largest absolute Gasteiger partial charge is 0.493 e. The highest BCUT2D eigenvalue weighted by Crippen LogP contribution is 2.32. The van der Waals surface area contributed by atoms with E-state index in [-0.39, 0.29) is 6.61 Å². The van der Waals surface area contributed by atoms with Crippen LogP contribution in [0.2, 0.25) is 0 Å². The van der Waals surface area contributed by atoms with Gasteiger partial charge in [-0.3, -0.25) is 0 Å². The number of halogens is 3. The number of benzene rings is 2. The molecule has 1 N–H and O–H groups in total. The second kappa shape index (κ2) is 10.3. The third-order valence-electron chi connectivity index (χ3n) is 4.46. The second-order valence-corrected chi connectivity index (χ2v) is 8.00. The van der Waals surface area contributed by atoms with Gasteiger partial charge in [0.05, 0.1) is 12.2 Å². The summed E-state index contributed by atoms with van der Waals surface area (Å²) in [4.78, 5) is 1.01. The van der Waals surface area contributed by atoms with Crippen LogP contribution in [0.4, 0.5) is 13.2 Å². The summed E-state index contributed by atoms with van der Waals surface area (Å²) in [5.41, 5.74) is -0.795. The van der Waals surface area contributed by atoms with Crippen molar-refractivity contribution in [1.29, 1.82) is 0 Å². The van der Waals surface area contributed by atoms with Crippen LogP contribution in [0, 0.1) is 6.92 Å². The maximum absolute atomic E-state index is 12.6. The molecule has 0 spiro atoms. The predicted octanol–water partition coefficient (Wildman–Crippen LogP) is 6.11. The molecule has 0 aromatic heterocycles. The van der Waals surface area contributed by atoms with Crippen LogP contribution < -0.4 is 9.47 Å². The highest BCUT2D eigenvalue weighted by molar-refractivity contribution is 7.99. The van der Waals surface area contributed by atoms with E-state index >= 15 is 0 Å². The number of hydrogen-bond donors (Lipinski definition) is 1. The molecule has 160 valence electrons. The fraction of sp³-hybridized carbons (Fsp3) is 0.455. The lowest BCUT2D eigenvalue weighted by Gasteiger charge is -2.26. The second-order valence-electron chi connectivity index (χ2n) is 6.95. The summed E-state index contributed by atoms with van der Waals surface area (Å²) in [7, 11) is 0. The molecule has 0 radical (unpaired) electrons. The molecule has 0 fully saturated rings. The van der Waals surface area contributed by atoms with Gasteiger partial charge in [-0.15, -0.1) is 11.8 Å². The van der Waals surface area contributed by atoms with Crippen molar-refractivity contribution in [2.45, 2.75) is 50.3 Å². The van der Waals surface area contributed by atoms with Gasteiger partial charge in [-0.2, -0.15) is 13.2 Å². The first-order chi connectivity index (χ1) is 13.7. The topological polar surface area (TPSA) is 38.7 Å². The third-order valence-corrected chi connectivity index (χ3v) is 5.73. The van der Waals surface area contributed by atoms with Crippen LogP contribution in [-0.4, -0.2) is 29.7 Å². The van der Waals surface area contributed by atoms with Crippen LogP contribution >= 0.6 is 11.8 Å². The molecular formula is C22H27F3O3S. The molecule has 29 heavy (non-hydrogen) atoms. The van der Waals surface area contributed by atoms with E-state index in [0.717, 1.165) is 34.8 Å². The molecule has 7 heteroatoms.